The van der Waals surface area contributed by atoms with E-state index >= 15 is 0 Å². The minimum atomic E-state index is -0.355. The van der Waals surface area contributed by atoms with Crippen molar-refractivity contribution in [3.63, 3.8) is 0 Å². The molecule has 0 heterocycles. The predicted octanol–water partition coefficient (Wildman–Crippen LogP) is 6.73. The number of hydrogen-bond donors (Lipinski definition) is 2. The second kappa shape index (κ2) is 21.5. The van der Waals surface area contributed by atoms with Crippen LogP contribution in [0, 0.1) is 0 Å². The number of allylic oxidation sites excluding steroid dienone is 2. The molecule has 0 aromatic heterocycles. The van der Waals surface area contributed by atoms with E-state index in [1.54, 1.807) is 13.2 Å². The second-order valence-corrected chi connectivity index (χ2v) is 9.16. The number of carbonyl (C=O) groups excluding carboxylic acids is 1. The van der Waals surface area contributed by atoms with Crippen LogP contribution in [-0.4, -0.2) is 32.7 Å². The molecule has 5 heteroatoms. The molecule has 0 spiro atoms. The average molecular weight is 475 g/mol. The molecule has 0 fully saturated rings. The first-order chi connectivity index (χ1) is 16.7. The van der Waals surface area contributed by atoms with Crippen molar-refractivity contribution in [1.29, 1.82) is 0 Å². The lowest BCUT2D eigenvalue weighted by molar-refractivity contribution is -0.117. The van der Waals surface area contributed by atoms with Crippen molar-refractivity contribution in [2.75, 3.05) is 26.8 Å². The molecule has 0 aliphatic carbocycles. The van der Waals surface area contributed by atoms with Gasteiger partial charge in [-0.25, -0.2) is 0 Å². The van der Waals surface area contributed by atoms with E-state index in [0.717, 1.165) is 18.7 Å². The summed E-state index contributed by atoms with van der Waals surface area (Å²) in [5.74, 6) is 0.966. The van der Waals surface area contributed by atoms with Crippen molar-refractivity contribution < 1.29 is 14.3 Å². The molecule has 0 bridgehead atoms. The van der Waals surface area contributed by atoms with Crippen molar-refractivity contribution in [1.82, 2.24) is 5.32 Å². The Kier molecular flexibility index (Phi) is 19.0. The minimum absolute atomic E-state index is 0.203. The van der Waals surface area contributed by atoms with Gasteiger partial charge in [-0.1, -0.05) is 82.9 Å². The molecule has 1 aromatic rings. The highest BCUT2D eigenvalue weighted by atomic mass is 16.5. The smallest absolute Gasteiger partial charge is 0.221 e. The van der Waals surface area contributed by atoms with Gasteiger partial charge in [0.1, 0.15) is 6.61 Å². The number of unbranched alkanes of at least 4 members (excludes halogenated alkanes) is 12. The topological polar surface area (TPSA) is 73.6 Å². The summed E-state index contributed by atoms with van der Waals surface area (Å²) < 4.78 is 11.2. The Balaban J connectivity index is 1.90. The van der Waals surface area contributed by atoms with E-state index in [9.17, 15) is 4.79 Å². The van der Waals surface area contributed by atoms with Gasteiger partial charge in [0.25, 0.3) is 0 Å². The largest absolute Gasteiger partial charge is 0.493 e. The lowest BCUT2D eigenvalue weighted by Crippen LogP contribution is -2.22. The van der Waals surface area contributed by atoms with Gasteiger partial charge >= 0.3 is 0 Å². The van der Waals surface area contributed by atoms with E-state index in [1.165, 1.54) is 89.9 Å². The number of carbonyl (C=O) groups is 1. The van der Waals surface area contributed by atoms with Crippen LogP contribution in [0.2, 0.25) is 0 Å². The first-order valence-corrected chi connectivity index (χ1v) is 13.6. The molecule has 5 nitrogen and oxygen atoms in total. The van der Waals surface area contributed by atoms with Crippen LogP contribution in [0.25, 0.3) is 0 Å². The molecular weight excluding hydrogens is 424 g/mol. The lowest BCUT2D eigenvalue weighted by Gasteiger charge is -2.12. The maximum absolute atomic E-state index is 11.1. The van der Waals surface area contributed by atoms with Crippen LogP contribution in [0.5, 0.6) is 11.5 Å². The van der Waals surface area contributed by atoms with Crippen LogP contribution in [-0.2, 0) is 11.2 Å². The molecule has 1 aromatic carbocycles. The van der Waals surface area contributed by atoms with Gasteiger partial charge in [-0.3, -0.25) is 4.79 Å². The quantitative estimate of drug-likeness (QED) is 0.136. The summed E-state index contributed by atoms with van der Waals surface area (Å²) in [7, 11) is 1.60. The molecule has 0 aliphatic rings. The molecule has 1 rings (SSSR count). The van der Waals surface area contributed by atoms with Crippen LogP contribution in [0.4, 0.5) is 0 Å². The maximum Gasteiger partial charge on any atom is 0.221 e. The van der Waals surface area contributed by atoms with Gasteiger partial charge in [-0.05, 0) is 56.3 Å². The number of nitrogens with one attached hydrogen (secondary N) is 1. The highest BCUT2D eigenvalue weighted by Crippen LogP contribution is 2.28. The minimum Gasteiger partial charge on any atom is -0.493 e. The number of benzene rings is 1. The number of ether oxygens (including phenoxy) is 2. The van der Waals surface area contributed by atoms with Gasteiger partial charge in [0.05, 0.1) is 13.5 Å². The van der Waals surface area contributed by atoms with E-state index in [0.29, 0.717) is 18.1 Å². The van der Waals surface area contributed by atoms with E-state index in [1.807, 2.05) is 12.1 Å². The van der Waals surface area contributed by atoms with Crippen LogP contribution < -0.4 is 20.5 Å². The fraction of sp³-hybridized carbons (Fsp3) is 0.690. The summed E-state index contributed by atoms with van der Waals surface area (Å²) in [6, 6.07) is 5.49. The zero-order valence-electron chi connectivity index (χ0n) is 21.9. The summed E-state index contributed by atoms with van der Waals surface area (Å²) >= 11 is 0. The molecule has 1 amide bonds. The molecule has 0 aliphatic heterocycles. The third kappa shape index (κ3) is 16.6. The highest BCUT2D eigenvalue weighted by Gasteiger charge is 2.07. The lowest BCUT2D eigenvalue weighted by atomic mass is 10.1. The van der Waals surface area contributed by atoms with Gasteiger partial charge in [0, 0.05) is 6.54 Å². The second-order valence-electron chi connectivity index (χ2n) is 9.16. The molecule has 0 saturated heterocycles. The van der Waals surface area contributed by atoms with E-state index < -0.39 is 0 Å². The standard InChI is InChI=1S/C29H50N2O3/c1-3-4-5-6-7-8-9-10-11-12-13-14-15-16-17-18-21-31-22-23-34-27-20-19-26(25-29(30)32)24-28(27)33-2/h10-11,19-20,24,31H,3-9,12-18,21-23,25H2,1-2H3,(H2,30,32). The van der Waals surface area contributed by atoms with Gasteiger partial charge in [-0.15, -0.1) is 0 Å². The monoisotopic (exact) mass is 474 g/mol. The fourth-order valence-electron chi connectivity index (χ4n) is 4.00. The number of rotatable bonds is 23. The van der Waals surface area contributed by atoms with Gasteiger partial charge in [0.2, 0.25) is 5.91 Å². The van der Waals surface area contributed by atoms with Gasteiger partial charge in [-0.2, -0.15) is 0 Å². The summed E-state index contributed by atoms with van der Waals surface area (Å²) in [5, 5.41) is 3.44. The summed E-state index contributed by atoms with van der Waals surface area (Å²) in [4.78, 5) is 11.1. The van der Waals surface area contributed by atoms with Crippen LogP contribution in [0.1, 0.15) is 102 Å². The molecule has 3 N–H and O–H groups in total. The Morgan fingerprint density at radius 2 is 1.47 bits per heavy atom. The molecule has 194 valence electrons. The maximum atomic E-state index is 11.1. The Hall–Kier alpha value is -2.01. The van der Waals surface area contributed by atoms with Gasteiger partial charge < -0.3 is 20.5 Å². The van der Waals surface area contributed by atoms with E-state index in [2.05, 4.69) is 24.4 Å². The zero-order valence-corrected chi connectivity index (χ0v) is 21.9. The molecule has 0 radical (unpaired) electrons. The summed E-state index contributed by atoms with van der Waals surface area (Å²) in [5.41, 5.74) is 6.08. The average Bonchev–Trinajstić information content (AvgIpc) is 2.83. The van der Waals surface area contributed by atoms with Crippen molar-refractivity contribution >= 4 is 5.91 Å². The summed E-state index contributed by atoms with van der Waals surface area (Å²) in [6.07, 6.45) is 23.7. The normalized spacial score (nSPS) is 11.2. The number of methoxy groups -OCH3 is 1. The number of nitrogens with two attached hydrogens (primary N) is 1. The van der Waals surface area contributed by atoms with Crippen molar-refractivity contribution in [3.05, 3.63) is 35.9 Å². The third-order valence-corrected chi connectivity index (χ3v) is 6.01. The number of amides is 1. The Labute approximate surface area is 208 Å². The molecule has 0 unspecified atom stereocenters. The number of hydrogen-bond acceptors (Lipinski definition) is 4. The van der Waals surface area contributed by atoms with Crippen molar-refractivity contribution in [3.8, 4) is 11.5 Å². The molecule has 0 atom stereocenters. The Morgan fingerprint density at radius 1 is 0.853 bits per heavy atom. The zero-order chi connectivity index (χ0) is 24.7. The molecule has 0 saturated carbocycles. The SMILES string of the molecule is CCCCCCCCC=CCCCCCCCCNCCOc1ccc(CC(N)=O)cc1OC. The molecule has 34 heavy (non-hydrogen) atoms. The Morgan fingerprint density at radius 3 is 2.09 bits per heavy atom. The first-order valence-electron chi connectivity index (χ1n) is 13.6. The van der Waals surface area contributed by atoms with Crippen LogP contribution >= 0.6 is 0 Å². The van der Waals surface area contributed by atoms with Crippen molar-refractivity contribution in [2.45, 2.75) is 103 Å². The van der Waals surface area contributed by atoms with Crippen LogP contribution in [0.3, 0.4) is 0 Å². The third-order valence-electron chi connectivity index (χ3n) is 6.01. The van der Waals surface area contributed by atoms with Crippen molar-refractivity contribution in [2.24, 2.45) is 5.73 Å². The highest BCUT2D eigenvalue weighted by molar-refractivity contribution is 5.76. The van der Waals surface area contributed by atoms with E-state index in [-0.39, 0.29) is 12.3 Å². The van der Waals surface area contributed by atoms with Gasteiger partial charge in [0.15, 0.2) is 11.5 Å². The predicted molar refractivity (Wildman–Crippen MR) is 144 cm³/mol. The summed E-state index contributed by atoms with van der Waals surface area (Å²) in [6.45, 7) is 4.69. The fourth-order valence-corrected chi connectivity index (χ4v) is 4.00. The van der Waals surface area contributed by atoms with Crippen LogP contribution in [0.15, 0.2) is 30.4 Å². The first kappa shape index (κ1) is 30.0. The Bertz CT molecular complexity index is 661. The van der Waals surface area contributed by atoms with E-state index in [4.69, 9.17) is 15.2 Å². The number of primary amides is 1. The molecular formula is C29H50N2O3.